The number of benzene rings is 2. The summed E-state index contributed by atoms with van der Waals surface area (Å²) in [6.07, 6.45) is 1.75. The molecular formula is C24H24N6O2. The number of amides is 1. The fourth-order valence-corrected chi connectivity index (χ4v) is 4.04. The quantitative estimate of drug-likeness (QED) is 0.501. The number of H-pyrrole nitrogens is 1. The number of para-hydroxylation sites is 2. The van der Waals surface area contributed by atoms with E-state index in [4.69, 9.17) is 4.74 Å². The van der Waals surface area contributed by atoms with Crippen molar-refractivity contribution in [1.29, 1.82) is 0 Å². The van der Waals surface area contributed by atoms with Gasteiger partial charge in [-0.3, -0.25) is 10.1 Å². The summed E-state index contributed by atoms with van der Waals surface area (Å²) < 4.78 is 5.20. The number of nitrogens with one attached hydrogen (secondary N) is 2. The molecule has 0 saturated carbocycles. The minimum Gasteiger partial charge on any atom is -0.497 e. The van der Waals surface area contributed by atoms with Crippen LogP contribution in [0.15, 0.2) is 60.7 Å². The molecule has 32 heavy (non-hydrogen) atoms. The number of piperidine rings is 1. The highest BCUT2D eigenvalue weighted by atomic mass is 16.5. The first-order valence-electron chi connectivity index (χ1n) is 10.7. The number of carbonyl (C=O) groups is 1. The summed E-state index contributed by atoms with van der Waals surface area (Å²) >= 11 is 0. The van der Waals surface area contributed by atoms with Crippen LogP contribution in [0.1, 0.15) is 12.8 Å². The van der Waals surface area contributed by atoms with Crippen LogP contribution in [-0.4, -0.2) is 46.3 Å². The molecule has 1 aliphatic heterocycles. The van der Waals surface area contributed by atoms with Crippen LogP contribution in [0.4, 0.5) is 11.8 Å². The van der Waals surface area contributed by atoms with Crippen molar-refractivity contribution in [3.8, 4) is 17.0 Å². The molecule has 2 aromatic heterocycles. The normalized spacial score (nSPS) is 16.2. The molecule has 162 valence electrons. The van der Waals surface area contributed by atoms with E-state index in [1.54, 1.807) is 7.11 Å². The van der Waals surface area contributed by atoms with Crippen molar-refractivity contribution in [2.75, 3.05) is 30.4 Å². The number of anilines is 2. The molecule has 1 amide bonds. The number of carbonyl (C=O) groups excluding carboxylic acids is 1. The summed E-state index contributed by atoms with van der Waals surface area (Å²) in [6, 6.07) is 19.4. The summed E-state index contributed by atoms with van der Waals surface area (Å²) in [4.78, 5) is 22.6. The van der Waals surface area contributed by atoms with E-state index in [0.717, 1.165) is 53.2 Å². The highest BCUT2D eigenvalue weighted by Crippen LogP contribution is 2.25. The molecule has 1 saturated heterocycles. The molecule has 0 spiro atoms. The Balaban J connectivity index is 1.25. The summed E-state index contributed by atoms with van der Waals surface area (Å²) in [5, 5.41) is 11.8. The van der Waals surface area contributed by atoms with Crippen molar-refractivity contribution in [2.45, 2.75) is 12.8 Å². The van der Waals surface area contributed by atoms with Crippen LogP contribution in [0.5, 0.6) is 5.75 Å². The Labute approximate surface area is 185 Å². The van der Waals surface area contributed by atoms with Gasteiger partial charge in [0.25, 0.3) is 0 Å². The molecule has 1 fully saturated rings. The molecule has 0 radical (unpaired) electrons. The minimum absolute atomic E-state index is 0.0310. The number of hydrogen-bond donors (Lipinski definition) is 2. The van der Waals surface area contributed by atoms with E-state index in [-0.39, 0.29) is 11.8 Å². The van der Waals surface area contributed by atoms with Crippen molar-refractivity contribution in [2.24, 2.45) is 5.92 Å². The van der Waals surface area contributed by atoms with Gasteiger partial charge in [0.2, 0.25) is 11.9 Å². The first kappa shape index (κ1) is 20.0. The molecule has 8 heteroatoms. The maximum absolute atomic E-state index is 12.9. The predicted molar refractivity (Wildman–Crippen MR) is 124 cm³/mol. The number of nitrogens with zero attached hydrogens (tertiary/aromatic N) is 4. The second-order valence-electron chi connectivity index (χ2n) is 7.88. The summed E-state index contributed by atoms with van der Waals surface area (Å²) in [5.41, 5.74) is 3.51. The van der Waals surface area contributed by atoms with Crippen LogP contribution < -0.4 is 15.0 Å². The highest BCUT2D eigenvalue weighted by molar-refractivity contribution is 5.93. The minimum atomic E-state index is -0.139. The number of methoxy groups -OCH3 is 1. The Morgan fingerprint density at radius 1 is 1.09 bits per heavy atom. The van der Waals surface area contributed by atoms with Gasteiger partial charge >= 0.3 is 0 Å². The Bertz CT molecular complexity index is 1190. The molecule has 1 aliphatic rings. The first-order chi connectivity index (χ1) is 15.7. The standard InChI is InChI=1S/C24H24N6O2/c1-32-18-10-8-16(9-11-18)19-12-13-22(29-28-19)30-14-4-5-17(15-30)23(31)27-24-25-20-6-2-3-7-21(20)26-24/h2-3,6-13,17H,4-5,14-15H2,1H3,(H2,25,26,27,31). The van der Waals surface area contributed by atoms with Crippen molar-refractivity contribution < 1.29 is 9.53 Å². The van der Waals surface area contributed by atoms with Crippen LogP contribution in [0.25, 0.3) is 22.3 Å². The third kappa shape index (κ3) is 4.12. The first-order valence-corrected chi connectivity index (χ1v) is 10.7. The smallest absolute Gasteiger partial charge is 0.231 e. The Morgan fingerprint density at radius 3 is 2.69 bits per heavy atom. The zero-order valence-corrected chi connectivity index (χ0v) is 17.8. The fraction of sp³-hybridized carbons (Fsp3) is 0.250. The molecule has 4 aromatic rings. The van der Waals surface area contributed by atoms with Gasteiger partial charge in [-0.1, -0.05) is 12.1 Å². The molecule has 3 heterocycles. The second kappa shape index (κ2) is 8.66. The molecule has 8 nitrogen and oxygen atoms in total. The Kier molecular flexibility index (Phi) is 5.41. The summed E-state index contributed by atoms with van der Waals surface area (Å²) in [5.74, 6) is 1.90. The van der Waals surface area contributed by atoms with Crippen molar-refractivity contribution in [3.05, 3.63) is 60.7 Å². The number of imidazole rings is 1. The van der Waals surface area contributed by atoms with E-state index in [0.29, 0.717) is 12.5 Å². The van der Waals surface area contributed by atoms with Crippen LogP contribution in [0.3, 0.4) is 0 Å². The van der Waals surface area contributed by atoms with Crippen LogP contribution in [-0.2, 0) is 4.79 Å². The largest absolute Gasteiger partial charge is 0.497 e. The van der Waals surface area contributed by atoms with E-state index in [1.165, 1.54) is 0 Å². The van der Waals surface area contributed by atoms with Gasteiger partial charge in [-0.2, -0.15) is 0 Å². The van der Waals surface area contributed by atoms with E-state index < -0.39 is 0 Å². The average molecular weight is 428 g/mol. The average Bonchev–Trinajstić information content (AvgIpc) is 3.26. The van der Waals surface area contributed by atoms with Crippen LogP contribution in [0, 0.1) is 5.92 Å². The monoisotopic (exact) mass is 428 g/mol. The molecule has 1 atom stereocenters. The molecule has 2 aromatic carbocycles. The summed E-state index contributed by atoms with van der Waals surface area (Å²) in [6.45, 7) is 1.45. The number of aromatic nitrogens is 4. The van der Waals surface area contributed by atoms with E-state index in [1.807, 2.05) is 60.7 Å². The lowest BCUT2D eigenvalue weighted by atomic mass is 9.97. The van der Waals surface area contributed by atoms with Gasteiger partial charge in [0.1, 0.15) is 5.75 Å². The van der Waals surface area contributed by atoms with Gasteiger partial charge in [0, 0.05) is 18.7 Å². The van der Waals surface area contributed by atoms with Crippen LogP contribution >= 0.6 is 0 Å². The zero-order valence-electron chi connectivity index (χ0n) is 17.8. The van der Waals surface area contributed by atoms with Gasteiger partial charge in [0.05, 0.1) is 29.8 Å². The number of hydrogen-bond acceptors (Lipinski definition) is 6. The van der Waals surface area contributed by atoms with Gasteiger partial charge in [-0.25, -0.2) is 4.98 Å². The van der Waals surface area contributed by atoms with E-state index in [2.05, 4.69) is 30.4 Å². The Morgan fingerprint density at radius 2 is 1.94 bits per heavy atom. The molecule has 2 N–H and O–H groups in total. The second-order valence-corrected chi connectivity index (χ2v) is 7.88. The summed E-state index contributed by atoms with van der Waals surface area (Å²) in [7, 11) is 1.65. The number of fused-ring (bicyclic) bond motifs is 1. The van der Waals surface area contributed by atoms with Gasteiger partial charge < -0.3 is 14.6 Å². The lowest BCUT2D eigenvalue weighted by Gasteiger charge is -2.32. The third-order valence-corrected chi connectivity index (χ3v) is 5.78. The lowest BCUT2D eigenvalue weighted by Crippen LogP contribution is -2.41. The van der Waals surface area contributed by atoms with Gasteiger partial charge in [-0.05, 0) is 61.4 Å². The van der Waals surface area contributed by atoms with E-state index in [9.17, 15) is 4.79 Å². The highest BCUT2D eigenvalue weighted by Gasteiger charge is 2.27. The molecule has 0 bridgehead atoms. The zero-order chi connectivity index (χ0) is 21.9. The topological polar surface area (TPSA) is 96.0 Å². The van der Waals surface area contributed by atoms with Gasteiger partial charge in [0.15, 0.2) is 5.82 Å². The van der Waals surface area contributed by atoms with Gasteiger partial charge in [-0.15, -0.1) is 10.2 Å². The number of aromatic amines is 1. The Hall–Kier alpha value is -3.94. The van der Waals surface area contributed by atoms with Crippen LogP contribution in [0.2, 0.25) is 0 Å². The lowest BCUT2D eigenvalue weighted by molar-refractivity contribution is -0.120. The SMILES string of the molecule is COc1ccc(-c2ccc(N3CCCC(C(=O)Nc4nc5ccccc5[nH]4)C3)nn2)cc1. The number of rotatable bonds is 5. The number of ether oxygens (including phenoxy) is 1. The molecule has 0 aliphatic carbocycles. The maximum Gasteiger partial charge on any atom is 0.231 e. The van der Waals surface area contributed by atoms with E-state index >= 15 is 0 Å². The third-order valence-electron chi connectivity index (χ3n) is 5.78. The van der Waals surface area contributed by atoms with Crippen molar-refractivity contribution >= 4 is 28.7 Å². The van der Waals surface area contributed by atoms with Crippen molar-refractivity contribution in [3.63, 3.8) is 0 Å². The fourth-order valence-electron chi connectivity index (χ4n) is 4.04. The molecular weight excluding hydrogens is 404 g/mol. The molecule has 1 unspecified atom stereocenters. The van der Waals surface area contributed by atoms with Crippen molar-refractivity contribution in [1.82, 2.24) is 20.2 Å². The molecule has 5 rings (SSSR count). The maximum atomic E-state index is 12.9. The predicted octanol–water partition coefficient (Wildman–Crippen LogP) is 3.88.